The monoisotopic (exact) mass is 614 g/mol. The summed E-state index contributed by atoms with van der Waals surface area (Å²) in [5.74, 6) is 0. The van der Waals surface area contributed by atoms with Crippen LogP contribution in [0.4, 0.5) is 5.69 Å². The van der Waals surface area contributed by atoms with Gasteiger partial charge >= 0.3 is 0 Å². The number of nitrogens with zero attached hydrogens (tertiary/aromatic N) is 4. The van der Waals surface area contributed by atoms with Crippen LogP contribution in [0.5, 0.6) is 0 Å². The van der Waals surface area contributed by atoms with Crippen molar-refractivity contribution in [3.8, 4) is 73.4 Å². The molecule has 0 aliphatic heterocycles. The number of nitriles is 1. The molecular formula is C44H30N4. The third-order valence-corrected chi connectivity index (χ3v) is 8.53. The van der Waals surface area contributed by atoms with Crippen molar-refractivity contribution >= 4 is 5.69 Å². The Morgan fingerprint density at radius 3 is 1.40 bits per heavy atom. The largest absolute Gasteiger partial charge is 0.259 e. The molecule has 0 bridgehead atoms. The van der Waals surface area contributed by atoms with Crippen molar-refractivity contribution in [2.75, 3.05) is 0 Å². The molecule has 0 unspecified atom stereocenters. The Morgan fingerprint density at radius 1 is 0.500 bits per heavy atom. The highest BCUT2D eigenvalue weighted by Crippen LogP contribution is 2.42. The Bertz CT molecular complexity index is 2160. The van der Waals surface area contributed by atoms with Gasteiger partial charge in [0.2, 0.25) is 5.69 Å². The van der Waals surface area contributed by atoms with Crippen molar-refractivity contribution in [2.24, 2.45) is 0 Å². The maximum atomic E-state index is 10.5. The minimum Gasteiger partial charge on any atom is -0.259 e. The highest BCUT2D eigenvalue weighted by atomic mass is 14.8. The van der Waals surface area contributed by atoms with Gasteiger partial charge in [0.25, 0.3) is 0 Å². The summed E-state index contributed by atoms with van der Waals surface area (Å²) in [6.45, 7) is 12.3. The minimum absolute atomic E-state index is 0.499. The van der Waals surface area contributed by atoms with Gasteiger partial charge in [-0.1, -0.05) is 145 Å². The first-order chi connectivity index (χ1) is 23.5. The third-order valence-electron chi connectivity index (χ3n) is 8.53. The van der Waals surface area contributed by atoms with E-state index in [0.717, 1.165) is 55.9 Å². The third kappa shape index (κ3) is 5.87. The highest BCUT2D eigenvalue weighted by molar-refractivity contribution is 5.92. The average Bonchev–Trinajstić information content (AvgIpc) is 3.15. The van der Waals surface area contributed by atoms with Gasteiger partial charge in [0.15, 0.2) is 0 Å². The van der Waals surface area contributed by atoms with Gasteiger partial charge < -0.3 is 0 Å². The van der Waals surface area contributed by atoms with E-state index >= 15 is 0 Å². The molecule has 0 amide bonds. The molecular weight excluding hydrogens is 585 g/mol. The molecule has 0 N–H and O–H groups in total. The molecule has 48 heavy (non-hydrogen) atoms. The fourth-order valence-electron chi connectivity index (χ4n) is 5.93. The molecule has 0 radical (unpaired) electrons. The normalized spacial score (nSPS) is 10.7. The van der Waals surface area contributed by atoms with Gasteiger partial charge in [-0.05, 0) is 48.2 Å². The van der Waals surface area contributed by atoms with E-state index in [1.165, 1.54) is 11.1 Å². The van der Waals surface area contributed by atoms with E-state index < -0.39 is 0 Å². The minimum atomic E-state index is 0.499. The number of aromatic nitrogens is 2. The highest BCUT2D eigenvalue weighted by Gasteiger charge is 2.19. The molecule has 0 saturated carbocycles. The van der Waals surface area contributed by atoms with Gasteiger partial charge in [-0.3, -0.25) is 4.98 Å². The first-order valence-electron chi connectivity index (χ1n) is 15.8. The van der Waals surface area contributed by atoms with Crippen LogP contribution in [-0.2, 0) is 0 Å². The van der Waals surface area contributed by atoms with Crippen LogP contribution in [0.3, 0.4) is 0 Å². The molecule has 0 aliphatic carbocycles. The summed E-state index contributed by atoms with van der Waals surface area (Å²) in [5.41, 5.74) is 13.4. The molecule has 7 aromatic rings. The maximum Gasteiger partial charge on any atom is 0.220 e. The van der Waals surface area contributed by atoms with Crippen molar-refractivity contribution in [2.45, 2.75) is 13.8 Å². The Labute approximate surface area is 281 Å². The lowest BCUT2D eigenvalue weighted by Crippen LogP contribution is -1.97. The Balaban J connectivity index is 1.40. The van der Waals surface area contributed by atoms with E-state index in [9.17, 15) is 5.26 Å². The summed E-state index contributed by atoms with van der Waals surface area (Å²) in [4.78, 5) is 14.0. The second-order valence-corrected chi connectivity index (χ2v) is 11.8. The smallest absolute Gasteiger partial charge is 0.220 e. The van der Waals surface area contributed by atoms with Gasteiger partial charge in [0.1, 0.15) is 6.07 Å². The predicted octanol–water partition coefficient (Wildman–Crippen LogP) is 11.5. The van der Waals surface area contributed by atoms with Crippen LogP contribution in [0.25, 0.3) is 72.1 Å². The maximum absolute atomic E-state index is 10.5. The lowest BCUT2D eigenvalue weighted by molar-refractivity contribution is 1.29. The quantitative estimate of drug-likeness (QED) is 0.175. The topological polar surface area (TPSA) is 53.9 Å². The van der Waals surface area contributed by atoms with Gasteiger partial charge in [-0.2, -0.15) is 5.26 Å². The molecule has 2 heterocycles. The first-order valence-corrected chi connectivity index (χ1v) is 15.8. The molecule has 226 valence electrons. The zero-order valence-corrected chi connectivity index (χ0v) is 26.6. The summed E-state index contributed by atoms with van der Waals surface area (Å²) in [7, 11) is 0. The van der Waals surface area contributed by atoms with Crippen LogP contribution >= 0.6 is 0 Å². The molecule has 4 heteroatoms. The first kappa shape index (κ1) is 30.1. The average molecular weight is 615 g/mol. The summed E-state index contributed by atoms with van der Waals surface area (Å²) < 4.78 is 0. The Morgan fingerprint density at radius 2 is 0.917 bits per heavy atom. The number of pyridine rings is 2. The molecule has 0 atom stereocenters. The summed E-state index contributed by atoms with van der Waals surface area (Å²) in [6, 6.07) is 50.9. The van der Waals surface area contributed by atoms with Gasteiger partial charge in [0, 0.05) is 22.3 Å². The number of benzene rings is 5. The fourth-order valence-corrected chi connectivity index (χ4v) is 5.93. The van der Waals surface area contributed by atoms with Crippen molar-refractivity contribution in [1.82, 2.24) is 9.97 Å². The van der Waals surface area contributed by atoms with Crippen LogP contribution < -0.4 is 0 Å². The van der Waals surface area contributed by atoms with Crippen LogP contribution in [0.1, 0.15) is 16.7 Å². The second-order valence-electron chi connectivity index (χ2n) is 11.8. The Hall–Kier alpha value is -6.62. The van der Waals surface area contributed by atoms with E-state index in [0.29, 0.717) is 22.6 Å². The van der Waals surface area contributed by atoms with E-state index in [4.69, 9.17) is 16.5 Å². The van der Waals surface area contributed by atoms with Crippen molar-refractivity contribution in [3.05, 3.63) is 174 Å². The van der Waals surface area contributed by atoms with Gasteiger partial charge in [-0.15, -0.1) is 0 Å². The molecule has 0 saturated heterocycles. The lowest BCUT2D eigenvalue weighted by Gasteiger charge is -2.15. The zero-order valence-electron chi connectivity index (χ0n) is 26.6. The lowest BCUT2D eigenvalue weighted by atomic mass is 9.92. The molecule has 5 aromatic carbocycles. The van der Waals surface area contributed by atoms with E-state index in [2.05, 4.69) is 73.3 Å². The molecule has 0 spiro atoms. The van der Waals surface area contributed by atoms with Crippen molar-refractivity contribution in [3.63, 3.8) is 0 Å². The predicted molar refractivity (Wildman–Crippen MR) is 195 cm³/mol. The summed E-state index contributed by atoms with van der Waals surface area (Å²) in [5, 5.41) is 10.5. The van der Waals surface area contributed by atoms with E-state index in [1.807, 2.05) is 97.1 Å². The molecule has 4 nitrogen and oxygen atoms in total. The SMILES string of the molecule is [C-]#[N+]c1c(-c2ccc(-c3cc(-c4ccc(C)cc4)nc(-c4ccccc4)c3C#N)cc2)cc(-c2ccc(C)cc2)nc1-c1ccccc1. The molecule has 0 fully saturated rings. The molecule has 0 aliphatic rings. The van der Waals surface area contributed by atoms with Crippen LogP contribution in [0.15, 0.2) is 146 Å². The van der Waals surface area contributed by atoms with Crippen LogP contribution in [0, 0.1) is 31.8 Å². The van der Waals surface area contributed by atoms with Crippen molar-refractivity contribution < 1.29 is 0 Å². The fraction of sp³-hybridized carbons (Fsp3) is 0.0455. The van der Waals surface area contributed by atoms with E-state index in [1.54, 1.807) is 0 Å². The van der Waals surface area contributed by atoms with Gasteiger partial charge in [-0.25, -0.2) is 9.83 Å². The molecule has 7 rings (SSSR count). The van der Waals surface area contributed by atoms with Crippen LogP contribution in [-0.4, -0.2) is 9.97 Å². The van der Waals surface area contributed by atoms with Gasteiger partial charge in [0.05, 0.1) is 34.9 Å². The number of hydrogen-bond donors (Lipinski definition) is 0. The zero-order chi connectivity index (χ0) is 33.0. The van der Waals surface area contributed by atoms with E-state index in [-0.39, 0.29) is 0 Å². The summed E-state index contributed by atoms with van der Waals surface area (Å²) in [6.07, 6.45) is 0. The Kier molecular flexibility index (Phi) is 8.15. The number of hydrogen-bond acceptors (Lipinski definition) is 3. The second kappa shape index (κ2) is 13.0. The summed E-state index contributed by atoms with van der Waals surface area (Å²) >= 11 is 0. The van der Waals surface area contributed by atoms with Crippen molar-refractivity contribution in [1.29, 1.82) is 5.26 Å². The van der Waals surface area contributed by atoms with Crippen LogP contribution in [0.2, 0.25) is 0 Å². The standard InChI is InChI=1S/C44H30N4/c1-29-14-18-33(19-15-29)40-26-37(39(28-45)42(47-40)35-10-6-4-7-11-35)31-22-24-32(25-23-31)38-27-41(34-20-16-30(2)17-21-34)48-43(44(38)46-3)36-12-8-5-9-13-36/h4-27H,1-2H3. The number of aryl methyl sites for hydroxylation is 2. The number of rotatable bonds is 6. The molecule has 2 aromatic heterocycles.